The molecule has 9 nitrogen and oxygen atoms in total. The summed E-state index contributed by atoms with van der Waals surface area (Å²) in [5.41, 5.74) is 0.167. The smallest absolute Gasteiger partial charge is 0.285 e. The first-order valence-corrected chi connectivity index (χ1v) is 8.93. The molecule has 11 heteroatoms. The van der Waals surface area contributed by atoms with Gasteiger partial charge in [-0.3, -0.25) is 15.0 Å². The summed E-state index contributed by atoms with van der Waals surface area (Å²) in [4.78, 5) is 18.3. The third-order valence-corrected chi connectivity index (χ3v) is 4.94. The predicted molar refractivity (Wildman–Crippen MR) is 100 cm³/mol. The number of likely N-dealkylation sites (N-methyl/N-ethyl adjacent to an activating group) is 1. The molecule has 1 unspecified atom stereocenters. The molecule has 1 aliphatic rings. The number of rotatable bonds is 5. The van der Waals surface area contributed by atoms with Crippen molar-refractivity contribution in [2.45, 2.75) is 10.9 Å². The first kappa shape index (κ1) is 20.4. The second-order valence-electron chi connectivity index (χ2n) is 5.64. The lowest BCUT2D eigenvalue weighted by Gasteiger charge is -2.30. The molecule has 0 aliphatic carbocycles. The summed E-state index contributed by atoms with van der Waals surface area (Å²) in [7, 11) is 3.47. The van der Waals surface area contributed by atoms with Crippen LogP contribution >= 0.6 is 24.2 Å². The molecule has 0 spiro atoms. The molecular weight excluding hydrogens is 382 g/mol. The molecular formula is C15H20ClN5O4S. The largest absolute Gasteiger partial charge is 0.495 e. The van der Waals surface area contributed by atoms with Crippen LogP contribution in [0.15, 0.2) is 21.6 Å². The Labute approximate surface area is 161 Å². The minimum Gasteiger partial charge on any atom is -0.495 e. The minimum atomic E-state index is -0.472. The standard InChI is InChI=1S/C15H19N5O4S.ClH/c1-19-5-4-16-8-11(19)14-17-15(24-18-14)9-6-13(25-3)12(23-2)7-10(9)20(21)22;/h6-7,11,16H,4-5,8H2,1-3H3;1H. The molecule has 1 fully saturated rings. The van der Waals surface area contributed by atoms with E-state index in [-0.39, 0.29) is 30.0 Å². The molecule has 1 aromatic heterocycles. The van der Waals surface area contributed by atoms with E-state index in [1.54, 1.807) is 6.07 Å². The summed E-state index contributed by atoms with van der Waals surface area (Å²) in [6.07, 6.45) is 1.87. The van der Waals surface area contributed by atoms with Crippen molar-refractivity contribution >= 4 is 29.9 Å². The summed E-state index contributed by atoms with van der Waals surface area (Å²) in [5.74, 6) is 1.10. The number of nitro groups is 1. The second-order valence-corrected chi connectivity index (χ2v) is 6.49. The molecule has 26 heavy (non-hydrogen) atoms. The fraction of sp³-hybridized carbons (Fsp3) is 0.467. The van der Waals surface area contributed by atoms with Gasteiger partial charge >= 0.3 is 0 Å². The lowest BCUT2D eigenvalue weighted by atomic mass is 10.1. The zero-order valence-corrected chi connectivity index (χ0v) is 16.2. The van der Waals surface area contributed by atoms with E-state index in [0.717, 1.165) is 18.0 Å². The third kappa shape index (κ3) is 3.93. The van der Waals surface area contributed by atoms with Crippen LogP contribution in [-0.2, 0) is 0 Å². The maximum Gasteiger partial charge on any atom is 0.285 e. The zero-order chi connectivity index (χ0) is 18.0. The summed E-state index contributed by atoms with van der Waals surface area (Å²) < 4.78 is 10.6. The van der Waals surface area contributed by atoms with Gasteiger partial charge in [-0.05, 0) is 19.4 Å². The number of piperazine rings is 1. The van der Waals surface area contributed by atoms with Gasteiger partial charge in [-0.1, -0.05) is 5.16 Å². The van der Waals surface area contributed by atoms with Crippen molar-refractivity contribution in [3.8, 4) is 17.2 Å². The number of nitro benzene ring substituents is 1. The Morgan fingerprint density at radius 2 is 2.27 bits per heavy atom. The SMILES string of the molecule is COc1cc([N+](=O)[O-])c(-c2nc(C3CNCCN3C)no2)cc1SC.Cl. The van der Waals surface area contributed by atoms with E-state index in [2.05, 4.69) is 20.4 Å². The van der Waals surface area contributed by atoms with Gasteiger partial charge in [0, 0.05) is 19.6 Å². The number of hydrogen-bond donors (Lipinski definition) is 1. The first-order valence-electron chi connectivity index (χ1n) is 7.70. The zero-order valence-electron chi connectivity index (χ0n) is 14.6. The van der Waals surface area contributed by atoms with E-state index < -0.39 is 4.92 Å². The second kappa shape index (κ2) is 8.67. The van der Waals surface area contributed by atoms with Gasteiger partial charge in [0.05, 0.1) is 29.0 Å². The number of methoxy groups -OCH3 is 1. The highest BCUT2D eigenvalue weighted by Crippen LogP contribution is 2.39. The van der Waals surface area contributed by atoms with E-state index in [0.29, 0.717) is 23.7 Å². The first-order chi connectivity index (χ1) is 12.0. The highest BCUT2D eigenvalue weighted by Gasteiger charge is 2.28. The molecule has 1 aromatic carbocycles. The van der Waals surface area contributed by atoms with Gasteiger partial charge in [-0.2, -0.15) is 4.98 Å². The highest BCUT2D eigenvalue weighted by atomic mass is 35.5. The van der Waals surface area contributed by atoms with Crippen molar-refractivity contribution in [3.63, 3.8) is 0 Å². The summed E-state index contributed by atoms with van der Waals surface area (Å²) in [6, 6.07) is 3.02. The normalized spacial score (nSPS) is 17.6. The van der Waals surface area contributed by atoms with Gasteiger partial charge in [-0.15, -0.1) is 24.2 Å². The van der Waals surface area contributed by atoms with Crippen LogP contribution in [0, 0.1) is 10.1 Å². The van der Waals surface area contributed by atoms with Crippen LogP contribution in [0.5, 0.6) is 5.75 Å². The number of thioether (sulfide) groups is 1. The molecule has 0 saturated carbocycles. The van der Waals surface area contributed by atoms with Crippen molar-refractivity contribution in [1.29, 1.82) is 0 Å². The van der Waals surface area contributed by atoms with Crippen molar-refractivity contribution in [3.05, 3.63) is 28.1 Å². The number of ether oxygens (including phenoxy) is 1. The molecule has 1 atom stereocenters. The van der Waals surface area contributed by atoms with Crippen LogP contribution in [0.2, 0.25) is 0 Å². The van der Waals surface area contributed by atoms with Crippen LogP contribution in [0.3, 0.4) is 0 Å². The van der Waals surface area contributed by atoms with Gasteiger partial charge in [0.1, 0.15) is 11.3 Å². The molecule has 2 aromatic rings. The maximum absolute atomic E-state index is 11.5. The van der Waals surface area contributed by atoms with E-state index in [9.17, 15) is 10.1 Å². The summed E-state index contributed by atoms with van der Waals surface area (Å²) in [6.45, 7) is 2.48. The van der Waals surface area contributed by atoms with Gasteiger partial charge in [0.25, 0.3) is 11.6 Å². The molecule has 1 aliphatic heterocycles. The molecule has 3 rings (SSSR count). The molecule has 2 heterocycles. The number of nitrogens with one attached hydrogen (secondary N) is 1. The number of nitrogens with zero attached hydrogens (tertiary/aromatic N) is 4. The monoisotopic (exact) mass is 401 g/mol. The number of halogens is 1. The van der Waals surface area contributed by atoms with Gasteiger partial charge < -0.3 is 14.6 Å². The number of hydrogen-bond acceptors (Lipinski definition) is 9. The molecule has 0 bridgehead atoms. The van der Waals surface area contributed by atoms with Crippen molar-refractivity contribution in [1.82, 2.24) is 20.4 Å². The van der Waals surface area contributed by atoms with E-state index in [1.807, 2.05) is 13.3 Å². The molecule has 1 N–H and O–H groups in total. The topological polar surface area (TPSA) is 107 Å². The third-order valence-electron chi connectivity index (χ3n) is 4.18. The minimum absolute atomic E-state index is 0. The van der Waals surface area contributed by atoms with Crippen LogP contribution in [0.25, 0.3) is 11.5 Å². The Morgan fingerprint density at radius 1 is 1.50 bits per heavy atom. The van der Waals surface area contributed by atoms with Crippen molar-refractivity contribution in [2.24, 2.45) is 0 Å². The Bertz CT molecular complexity index is 787. The van der Waals surface area contributed by atoms with Crippen LogP contribution in [0.4, 0.5) is 5.69 Å². The van der Waals surface area contributed by atoms with Crippen molar-refractivity contribution < 1.29 is 14.2 Å². The van der Waals surface area contributed by atoms with E-state index >= 15 is 0 Å². The molecule has 0 amide bonds. The average Bonchev–Trinajstić information content (AvgIpc) is 3.10. The van der Waals surface area contributed by atoms with E-state index in [1.165, 1.54) is 24.9 Å². The summed E-state index contributed by atoms with van der Waals surface area (Å²) >= 11 is 1.43. The average molecular weight is 402 g/mol. The van der Waals surface area contributed by atoms with Crippen LogP contribution in [0.1, 0.15) is 11.9 Å². The molecule has 142 valence electrons. The van der Waals surface area contributed by atoms with Gasteiger partial charge in [-0.25, -0.2) is 0 Å². The predicted octanol–water partition coefficient (Wildman–Crippen LogP) is 2.37. The van der Waals surface area contributed by atoms with Gasteiger partial charge in [0.15, 0.2) is 5.82 Å². The molecule has 0 radical (unpaired) electrons. The van der Waals surface area contributed by atoms with Gasteiger partial charge in [0.2, 0.25) is 0 Å². The lowest BCUT2D eigenvalue weighted by molar-refractivity contribution is -0.384. The quantitative estimate of drug-likeness (QED) is 0.459. The fourth-order valence-electron chi connectivity index (χ4n) is 2.76. The number of aromatic nitrogens is 2. The van der Waals surface area contributed by atoms with Crippen molar-refractivity contribution in [2.75, 3.05) is 40.0 Å². The Hall–Kier alpha value is -1.88. The maximum atomic E-state index is 11.5. The number of benzene rings is 1. The Balaban J connectivity index is 0.00000243. The Morgan fingerprint density at radius 3 is 2.88 bits per heavy atom. The van der Waals surface area contributed by atoms with E-state index in [4.69, 9.17) is 9.26 Å². The Kier molecular flexibility index (Phi) is 6.81. The highest BCUT2D eigenvalue weighted by molar-refractivity contribution is 7.98. The molecule has 1 saturated heterocycles. The fourth-order valence-corrected chi connectivity index (χ4v) is 3.34. The van der Waals surface area contributed by atoms with Crippen LogP contribution < -0.4 is 10.1 Å². The summed E-state index contributed by atoms with van der Waals surface area (Å²) in [5, 5.41) is 18.8. The lowest BCUT2D eigenvalue weighted by Crippen LogP contribution is -2.44. The van der Waals surface area contributed by atoms with Crippen LogP contribution in [-0.4, -0.2) is 60.0 Å².